The highest BCUT2D eigenvalue weighted by Gasteiger charge is 2.10. The van der Waals surface area contributed by atoms with Crippen LogP contribution >= 0.6 is 42.4 Å². The molecule has 1 aromatic rings. The van der Waals surface area contributed by atoms with Gasteiger partial charge in [-0.15, -0.1) is 11.8 Å². The zero-order chi connectivity index (χ0) is 34.2. The third-order valence-corrected chi connectivity index (χ3v) is 7.49. The van der Waals surface area contributed by atoms with Crippen LogP contribution in [0.4, 0.5) is 0 Å². The van der Waals surface area contributed by atoms with Gasteiger partial charge in [0.25, 0.3) is 0 Å². The summed E-state index contributed by atoms with van der Waals surface area (Å²) in [5, 5.41) is 18.4. The van der Waals surface area contributed by atoms with Crippen LogP contribution in [0.3, 0.4) is 0 Å². The Labute approximate surface area is 258 Å². The van der Waals surface area contributed by atoms with Crippen molar-refractivity contribution in [1.29, 1.82) is 0 Å². The van der Waals surface area contributed by atoms with E-state index in [4.69, 9.17) is 42.7 Å². The Hall–Kier alpha value is -0.390. The number of thioether (sulfide) groups is 1. The highest BCUT2D eigenvalue weighted by molar-refractivity contribution is 7.99. The lowest BCUT2D eigenvalue weighted by molar-refractivity contribution is 0.302. The van der Waals surface area contributed by atoms with Crippen LogP contribution in [-0.2, 0) is 42.8 Å². The van der Waals surface area contributed by atoms with Gasteiger partial charge in [0.2, 0.25) is 0 Å². The monoisotopic (exact) mass is 720 g/mol. The number of unbranched alkanes of at least 4 members (excludes halogenated alkanes) is 5. The Balaban J connectivity index is -0.000000522. The number of phenols is 2. The van der Waals surface area contributed by atoms with Gasteiger partial charge in [-0.2, -0.15) is 0 Å². The highest BCUT2D eigenvalue weighted by atomic mass is 32.2. The molecule has 0 heterocycles. The predicted octanol–water partition coefficient (Wildman–Crippen LogP) is 3.47. The summed E-state index contributed by atoms with van der Waals surface area (Å²) in [6.45, 7) is 4.60. The third-order valence-electron chi connectivity index (χ3n) is 4.35. The highest BCUT2D eigenvalue weighted by Crippen LogP contribution is 2.29. The van der Waals surface area contributed by atoms with E-state index in [0.717, 1.165) is 18.6 Å². The van der Waals surface area contributed by atoms with Gasteiger partial charge >= 0.3 is 30.7 Å². The molecule has 18 nitrogen and oxygen atoms in total. The fourth-order valence-electron chi connectivity index (χ4n) is 2.35. The van der Waals surface area contributed by atoms with Gasteiger partial charge in [0, 0.05) is 13.2 Å². The van der Waals surface area contributed by atoms with Crippen LogP contribution in [0.15, 0.2) is 18.2 Å². The van der Waals surface area contributed by atoms with Gasteiger partial charge in [0.05, 0.1) is 13.2 Å². The molecule has 0 atom stereocenters. The van der Waals surface area contributed by atoms with E-state index in [2.05, 4.69) is 31.5 Å². The standard InChI is InChI=1S/C8H13N2O4P.C8H21N2O2P.C3H11N2O2PS.CH7N2O2P/c9-15(10,13)14-4-3-6-1-2-7(11)5-8(6)12;1-2-3-4-5-6-7-8-12-13(9,10)11;1-2-9-3-7-8(4,5)6;1-5-6(2,3)4/h1-2,5,11-12H,3-4H2,(H4,9,10,13);2-8H2,1H3,(H4,9,10,11);2-3H2,1H3,(H4,4,5,6);1H3,(H4,2,3,4). The van der Waals surface area contributed by atoms with Gasteiger partial charge < -0.3 is 23.8 Å². The largest absolute Gasteiger partial charge is 0.508 e. The molecule has 0 fully saturated rings. The Bertz CT molecular complexity index is 1040. The molecule has 0 spiro atoms. The van der Waals surface area contributed by atoms with Crippen molar-refractivity contribution < 1.29 is 46.6 Å². The average molecular weight is 721 g/mol. The van der Waals surface area contributed by atoms with Crippen LogP contribution in [-0.4, -0.2) is 42.2 Å². The van der Waals surface area contributed by atoms with Crippen molar-refractivity contribution in [1.82, 2.24) is 0 Å². The summed E-state index contributed by atoms with van der Waals surface area (Å²) in [6.07, 6.45) is 7.30. The lowest BCUT2D eigenvalue weighted by Crippen LogP contribution is -2.10. The summed E-state index contributed by atoms with van der Waals surface area (Å²) in [5.41, 5.74) is 39.6. The van der Waals surface area contributed by atoms with Gasteiger partial charge in [-0.3, -0.25) is 22.8 Å². The smallest absolute Gasteiger partial charge is 0.336 e. The number of rotatable bonds is 17. The second-order valence-electron chi connectivity index (χ2n) is 8.50. The first-order chi connectivity index (χ1) is 19.6. The minimum atomic E-state index is -3.46. The first-order valence-electron chi connectivity index (χ1n) is 12.8. The van der Waals surface area contributed by atoms with Crippen LogP contribution in [0.1, 0.15) is 57.9 Å². The molecular weight excluding hydrogens is 668 g/mol. The van der Waals surface area contributed by atoms with Gasteiger partial charge in [-0.05, 0) is 30.2 Å². The van der Waals surface area contributed by atoms with E-state index in [1.807, 2.05) is 6.92 Å². The Morgan fingerprint density at radius 2 is 1.16 bits per heavy atom. The topological polar surface area (TPSA) is 354 Å². The Morgan fingerprint density at radius 3 is 1.58 bits per heavy atom. The van der Waals surface area contributed by atoms with Crippen LogP contribution in [0.5, 0.6) is 11.5 Å². The van der Waals surface area contributed by atoms with Crippen molar-refractivity contribution in [3.63, 3.8) is 0 Å². The zero-order valence-electron chi connectivity index (χ0n) is 25.0. The third kappa shape index (κ3) is 43.8. The summed E-state index contributed by atoms with van der Waals surface area (Å²) in [5.74, 6) is 1.13. The molecule has 258 valence electrons. The molecule has 0 aliphatic rings. The maximum Gasteiger partial charge on any atom is 0.336 e. The summed E-state index contributed by atoms with van der Waals surface area (Å²) in [6, 6.07) is 4.17. The normalized spacial score (nSPS) is 11.8. The molecule has 1 aromatic carbocycles. The van der Waals surface area contributed by atoms with E-state index in [9.17, 15) is 23.4 Å². The van der Waals surface area contributed by atoms with Gasteiger partial charge in [0.15, 0.2) is 0 Å². The summed E-state index contributed by atoms with van der Waals surface area (Å²) in [7, 11) is -11.9. The average Bonchev–Trinajstić information content (AvgIpc) is 2.84. The molecule has 1 rings (SSSR count). The van der Waals surface area contributed by atoms with Gasteiger partial charge in [-0.1, -0.05) is 52.0 Å². The molecule has 0 aliphatic carbocycles. The summed E-state index contributed by atoms with van der Waals surface area (Å²) < 4.78 is 59.8. The molecule has 0 aromatic heterocycles. The molecule has 0 saturated heterocycles. The molecule has 43 heavy (non-hydrogen) atoms. The van der Waals surface area contributed by atoms with E-state index in [1.165, 1.54) is 62.8 Å². The first-order valence-corrected chi connectivity index (χ1v) is 21.0. The Morgan fingerprint density at radius 1 is 0.698 bits per heavy atom. The quantitative estimate of drug-likeness (QED) is 0.0625. The first kappa shape index (κ1) is 47.0. The zero-order valence-corrected chi connectivity index (χ0v) is 29.4. The number of phenolic OH excluding ortho intramolecular Hbond substituents is 2. The molecule has 0 amide bonds. The van der Waals surface area contributed by atoms with Crippen molar-refractivity contribution in [2.24, 2.45) is 44.0 Å². The predicted molar refractivity (Wildman–Crippen MR) is 174 cm³/mol. The number of aromatic hydroxyl groups is 2. The fraction of sp³-hybridized carbons (Fsp3) is 0.700. The molecule has 18 N–H and O–H groups in total. The summed E-state index contributed by atoms with van der Waals surface area (Å²) in [4.78, 5) is 0. The number of hydrogen-bond acceptors (Lipinski definition) is 11. The van der Waals surface area contributed by atoms with E-state index >= 15 is 0 Å². The number of hydrogen-bond donors (Lipinski definition) is 10. The molecule has 23 heteroatoms. The molecular formula is C20H52N8O10P4S. The van der Waals surface area contributed by atoms with Crippen LogP contribution in [0.2, 0.25) is 0 Å². The van der Waals surface area contributed by atoms with Crippen molar-refractivity contribution in [3.05, 3.63) is 23.8 Å². The minimum absolute atomic E-state index is 0.0273. The van der Waals surface area contributed by atoms with Crippen molar-refractivity contribution >= 4 is 42.4 Å². The van der Waals surface area contributed by atoms with Crippen LogP contribution in [0, 0.1) is 0 Å². The number of nitrogens with two attached hydrogens (primary N) is 8. The molecule has 0 bridgehead atoms. The van der Waals surface area contributed by atoms with Crippen molar-refractivity contribution in [3.8, 4) is 11.5 Å². The van der Waals surface area contributed by atoms with Crippen molar-refractivity contribution in [2.45, 2.75) is 58.8 Å². The second kappa shape index (κ2) is 25.8. The number of benzene rings is 1. The fourth-order valence-corrected chi connectivity index (χ4v) is 4.27. The van der Waals surface area contributed by atoms with E-state index < -0.39 is 30.7 Å². The lowest BCUT2D eigenvalue weighted by atomic mass is 10.1. The molecule has 0 saturated carbocycles. The van der Waals surface area contributed by atoms with Crippen molar-refractivity contribution in [2.75, 3.05) is 32.0 Å². The molecule has 0 unspecified atom stereocenters. The summed E-state index contributed by atoms with van der Waals surface area (Å²) >= 11 is 1.48. The lowest BCUT2D eigenvalue weighted by Gasteiger charge is -2.08. The van der Waals surface area contributed by atoms with Gasteiger partial charge in [0.1, 0.15) is 17.4 Å². The molecule has 0 radical (unpaired) electrons. The van der Waals surface area contributed by atoms with Crippen LogP contribution < -0.4 is 44.0 Å². The SMILES string of the molecule is CCCCCCCCOP(N)(N)=O.CCSCOP(N)(N)=O.COP(N)(N)=O.NP(N)(=O)OCCc1ccc(O)cc1O. The molecule has 0 aliphatic heterocycles. The van der Waals surface area contributed by atoms with E-state index in [-0.39, 0.29) is 18.1 Å². The maximum absolute atomic E-state index is 10.8. The van der Waals surface area contributed by atoms with Crippen LogP contribution in [0.25, 0.3) is 0 Å². The van der Waals surface area contributed by atoms with E-state index in [0.29, 0.717) is 24.5 Å². The van der Waals surface area contributed by atoms with E-state index in [1.54, 1.807) is 0 Å². The minimum Gasteiger partial charge on any atom is -0.508 e. The maximum atomic E-state index is 10.8. The second-order valence-corrected chi connectivity index (χ2v) is 16.0. The Kier molecular flexibility index (Phi) is 28.2. The van der Waals surface area contributed by atoms with Gasteiger partial charge in [-0.25, -0.2) is 44.0 Å².